The van der Waals surface area contributed by atoms with Crippen LogP contribution in [0.5, 0.6) is 0 Å². The molecule has 0 atom stereocenters. The van der Waals surface area contributed by atoms with Crippen LogP contribution in [0.3, 0.4) is 0 Å². The summed E-state index contributed by atoms with van der Waals surface area (Å²) < 4.78 is 16.4. The van der Waals surface area contributed by atoms with E-state index in [1.54, 1.807) is 10.7 Å². The van der Waals surface area contributed by atoms with Gasteiger partial charge in [-0.3, -0.25) is 0 Å². The SMILES string of the molecule is Cc1c(Br)ccc(F)c1CNc1ccc(-n2cnnn2)cc1. The predicted molar refractivity (Wildman–Crippen MR) is 85.3 cm³/mol. The summed E-state index contributed by atoms with van der Waals surface area (Å²) in [6.45, 7) is 2.31. The van der Waals surface area contributed by atoms with Gasteiger partial charge in [-0.2, -0.15) is 0 Å². The molecule has 3 aromatic rings. The van der Waals surface area contributed by atoms with Crippen molar-refractivity contribution in [3.8, 4) is 5.69 Å². The standard InChI is InChI=1S/C15H13BrFN5/c1-10-13(15(17)7-6-14(10)16)8-18-11-2-4-12(5-3-11)22-9-19-20-21-22/h2-7,9,18H,8H2,1H3. The van der Waals surface area contributed by atoms with Gasteiger partial charge in [0.2, 0.25) is 0 Å². The van der Waals surface area contributed by atoms with E-state index in [4.69, 9.17) is 0 Å². The van der Waals surface area contributed by atoms with Crippen LogP contribution >= 0.6 is 15.9 Å². The van der Waals surface area contributed by atoms with Gasteiger partial charge < -0.3 is 5.32 Å². The lowest BCUT2D eigenvalue weighted by molar-refractivity contribution is 0.610. The first kappa shape index (κ1) is 14.6. The molecule has 112 valence electrons. The molecule has 1 heterocycles. The molecule has 0 aliphatic heterocycles. The second-order valence-electron chi connectivity index (χ2n) is 4.79. The maximum absolute atomic E-state index is 13.9. The first-order valence-electron chi connectivity index (χ1n) is 6.66. The minimum atomic E-state index is -0.210. The number of benzene rings is 2. The Morgan fingerprint density at radius 1 is 1.18 bits per heavy atom. The third-order valence-corrected chi connectivity index (χ3v) is 4.28. The van der Waals surface area contributed by atoms with Crippen LogP contribution in [-0.4, -0.2) is 20.2 Å². The van der Waals surface area contributed by atoms with Gasteiger partial charge in [0.1, 0.15) is 12.1 Å². The molecule has 0 saturated carbocycles. The predicted octanol–water partition coefficient (Wildman–Crippen LogP) is 3.48. The van der Waals surface area contributed by atoms with Crippen LogP contribution in [0.15, 0.2) is 47.2 Å². The van der Waals surface area contributed by atoms with Crippen molar-refractivity contribution in [2.24, 2.45) is 0 Å². The zero-order valence-corrected chi connectivity index (χ0v) is 13.4. The van der Waals surface area contributed by atoms with E-state index in [2.05, 4.69) is 36.8 Å². The topological polar surface area (TPSA) is 55.6 Å². The summed E-state index contributed by atoms with van der Waals surface area (Å²) in [6, 6.07) is 10.8. The Kier molecular flexibility index (Phi) is 4.15. The molecule has 1 aromatic heterocycles. The van der Waals surface area contributed by atoms with Gasteiger partial charge in [-0.25, -0.2) is 9.07 Å². The van der Waals surface area contributed by atoms with E-state index in [0.717, 1.165) is 21.4 Å². The minimum Gasteiger partial charge on any atom is -0.381 e. The lowest BCUT2D eigenvalue weighted by Gasteiger charge is -2.12. The van der Waals surface area contributed by atoms with Crippen molar-refractivity contribution in [3.63, 3.8) is 0 Å². The number of anilines is 1. The minimum absolute atomic E-state index is 0.210. The second kappa shape index (κ2) is 6.23. The van der Waals surface area contributed by atoms with E-state index in [1.165, 1.54) is 12.4 Å². The van der Waals surface area contributed by atoms with Crippen molar-refractivity contribution in [2.45, 2.75) is 13.5 Å². The summed E-state index contributed by atoms with van der Waals surface area (Å²) in [5.41, 5.74) is 3.31. The third kappa shape index (κ3) is 2.99. The quantitative estimate of drug-likeness (QED) is 0.772. The van der Waals surface area contributed by atoms with Crippen molar-refractivity contribution in [3.05, 3.63) is 64.1 Å². The van der Waals surface area contributed by atoms with Crippen molar-refractivity contribution < 1.29 is 4.39 Å². The van der Waals surface area contributed by atoms with Crippen molar-refractivity contribution in [1.29, 1.82) is 0 Å². The lowest BCUT2D eigenvalue weighted by Crippen LogP contribution is -2.05. The first-order chi connectivity index (χ1) is 10.6. The third-order valence-electron chi connectivity index (χ3n) is 3.43. The average molecular weight is 362 g/mol. The van der Waals surface area contributed by atoms with E-state index in [-0.39, 0.29) is 5.82 Å². The van der Waals surface area contributed by atoms with E-state index < -0.39 is 0 Å². The highest BCUT2D eigenvalue weighted by atomic mass is 79.9. The highest BCUT2D eigenvalue weighted by molar-refractivity contribution is 9.10. The fourth-order valence-corrected chi connectivity index (χ4v) is 2.49. The normalized spacial score (nSPS) is 10.7. The number of rotatable bonds is 4. The molecule has 0 unspecified atom stereocenters. The Hall–Kier alpha value is -2.28. The summed E-state index contributed by atoms with van der Waals surface area (Å²) in [6.07, 6.45) is 1.53. The smallest absolute Gasteiger partial charge is 0.143 e. The fourth-order valence-electron chi connectivity index (χ4n) is 2.11. The summed E-state index contributed by atoms with van der Waals surface area (Å²) >= 11 is 3.42. The van der Waals surface area contributed by atoms with Crippen LogP contribution in [0.4, 0.5) is 10.1 Å². The van der Waals surface area contributed by atoms with Gasteiger partial charge in [-0.1, -0.05) is 15.9 Å². The zero-order chi connectivity index (χ0) is 15.5. The van der Waals surface area contributed by atoms with Crippen LogP contribution in [0.1, 0.15) is 11.1 Å². The molecule has 7 heteroatoms. The van der Waals surface area contributed by atoms with Crippen LogP contribution in [0.25, 0.3) is 5.69 Å². The Labute approximate surface area is 135 Å². The van der Waals surface area contributed by atoms with Gasteiger partial charge in [0, 0.05) is 22.3 Å². The van der Waals surface area contributed by atoms with Gasteiger partial charge in [0.25, 0.3) is 0 Å². The van der Waals surface area contributed by atoms with Gasteiger partial charge in [0.15, 0.2) is 0 Å². The summed E-state index contributed by atoms with van der Waals surface area (Å²) in [7, 11) is 0. The molecular formula is C15H13BrFN5. The second-order valence-corrected chi connectivity index (χ2v) is 5.64. The van der Waals surface area contributed by atoms with Gasteiger partial charge in [-0.15, -0.1) is 5.10 Å². The Morgan fingerprint density at radius 2 is 1.95 bits per heavy atom. The number of aromatic nitrogens is 4. The fraction of sp³-hybridized carbons (Fsp3) is 0.133. The van der Waals surface area contributed by atoms with Crippen molar-refractivity contribution in [2.75, 3.05) is 5.32 Å². The molecule has 1 N–H and O–H groups in total. The van der Waals surface area contributed by atoms with Crippen LogP contribution in [0, 0.1) is 12.7 Å². The maximum atomic E-state index is 13.9. The molecule has 0 amide bonds. The molecule has 2 aromatic carbocycles. The van der Waals surface area contributed by atoms with E-state index in [0.29, 0.717) is 12.1 Å². The number of halogens is 2. The van der Waals surface area contributed by atoms with Crippen molar-refractivity contribution in [1.82, 2.24) is 20.2 Å². The zero-order valence-electron chi connectivity index (χ0n) is 11.8. The number of hydrogen-bond donors (Lipinski definition) is 1. The number of nitrogens with one attached hydrogen (secondary N) is 1. The van der Waals surface area contributed by atoms with Crippen LogP contribution < -0.4 is 5.32 Å². The molecule has 22 heavy (non-hydrogen) atoms. The average Bonchev–Trinajstić information content (AvgIpc) is 3.06. The number of hydrogen-bond acceptors (Lipinski definition) is 4. The molecule has 5 nitrogen and oxygen atoms in total. The maximum Gasteiger partial charge on any atom is 0.143 e. The van der Waals surface area contributed by atoms with Gasteiger partial charge in [0.05, 0.1) is 5.69 Å². The molecule has 3 rings (SSSR count). The monoisotopic (exact) mass is 361 g/mol. The summed E-state index contributed by atoms with van der Waals surface area (Å²) in [5, 5.41) is 14.2. The molecule has 0 bridgehead atoms. The van der Waals surface area contributed by atoms with Crippen LogP contribution in [0.2, 0.25) is 0 Å². The first-order valence-corrected chi connectivity index (χ1v) is 7.45. The Balaban J connectivity index is 1.74. The van der Waals surface area contributed by atoms with Gasteiger partial charge >= 0.3 is 0 Å². The molecule has 0 spiro atoms. The summed E-state index contributed by atoms with van der Waals surface area (Å²) in [4.78, 5) is 0. The van der Waals surface area contributed by atoms with E-state index >= 15 is 0 Å². The molecule has 0 radical (unpaired) electrons. The van der Waals surface area contributed by atoms with E-state index in [1.807, 2.05) is 31.2 Å². The lowest BCUT2D eigenvalue weighted by atomic mass is 10.1. The van der Waals surface area contributed by atoms with Crippen molar-refractivity contribution >= 4 is 21.6 Å². The van der Waals surface area contributed by atoms with E-state index in [9.17, 15) is 4.39 Å². The van der Waals surface area contributed by atoms with Gasteiger partial charge in [-0.05, 0) is 59.3 Å². The van der Waals surface area contributed by atoms with Crippen LogP contribution in [-0.2, 0) is 6.54 Å². The highest BCUT2D eigenvalue weighted by Gasteiger charge is 2.08. The largest absolute Gasteiger partial charge is 0.381 e. The Morgan fingerprint density at radius 3 is 2.64 bits per heavy atom. The molecule has 0 fully saturated rings. The molecule has 0 saturated heterocycles. The highest BCUT2D eigenvalue weighted by Crippen LogP contribution is 2.23. The number of tetrazole rings is 1. The molecule has 0 aliphatic rings. The number of nitrogens with zero attached hydrogens (tertiary/aromatic N) is 4. The Bertz CT molecular complexity index is 771. The molecule has 0 aliphatic carbocycles. The summed E-state index contributed by atoms with van der Waals surface area (Å²) in [5.74, 6) is -0.210. The molecular weight excluding hydrogens is 349 g/mol.